The number of amides is 2. The molecule has 1 aliphatic rings. The second-order valence-electron chi connectivity index (χ2n) is 6.87. The number of rotatable bonds is 6. The van der Waals surface area contributed by atoms with Gasteiger partial charge >= 0.3 is 0 Å². The molecule has 0 saturated heterocycles. The SMILES string of the molecule is CN(Cc1ccccc1)C1=C(c2cccs2)C(=O)N(Cc2ccc(Cl)cc2)C1=O. The number of carbonyl (C=O) groups excluding carboxylic acids is 2. The van der Waals surface area contributed by atoms with Crippen LogP contribution in [0.25, 0.3) is 5.57 Å². The van der Waals surface area contributed by atoms with Gasteiger partial charge in [0.25, 0.3) is 11.8 Å². The highest BCUT2D eigenvalue weighted by atomic mass is 35.5. The summed E-state index contributed by atoms with van der Waals surface area (Å²) in [6.45, 7) is 0.755. The Morgan fingerprint density at radius 3 is 2.28 bits per heavy atom. The monoisotopic (exact) mass is 422 g/mol. The van der Waals surface area contributed by atoms with E-state index in [0.29, 0.717) is 22.8 Å². The molecule has 0 saturated carbocycles. The molecule has 0 bridgehead atoms. The average Bonchev–Trinajstić information content (AvgIpc) is 3.32. The first kappa shape index (κ1) is 19.4. The van der Waals surface area contributed by atoms with Crippen LogP contribution in [-0.2, 0) is 22.7 Å². The van der Waals surface area contributed by atoms with Crippen LogP contribution in [0.4, 0.5) is 0 Å². The number of likely N-dealkylation sites (N-methyl/N-ethyl adjacent to an activating group) is 1. The van der Waals surface area contributed by atoms with Crippen molar-refractivity contribution < 1.29 is 9.59 Å². The molecule has 2 heterocycles. The molecule has 0 spiro atoms. The van der Waals surface area contributed by atoms with E-state index in [1.54, 1.807) is 12.1 Å². The predicted octanol–water partition coefficient (Wildman–Crippen LogP) is 4.81. The topological polar surface area (TPSA) is 40.6 Å². The maximum absolute atomic E-state index is 13.3. The van der Waals surface area contributed by atoms with Gasteiger partial charge in [-0.3, -0.25) is 14.5 Å². The minimum Gasteiger partial charge on any atom is -0.365 e. The summed E-state index contributed by atoms with van der Waals surface area (Å²) in [5.74, 6) is -0.533. The van der Waals surface area contributed by atoms with Gasteiger partial charge in [0.1, 0.15) is 5.70 Å². The lowest BCUT2D eigenvalue weighted by Gasteiger charge is -2.21. The minimum atomic E-state index is -0.271. The third-order valence-electron chi connectivity index (χ3n) is 4.81. The highest BCUT2D eigenvalue weighted by Gasteiger charge is 2.41. The van der Waals surface area contributed by atoms with Crippen LogP contribution >= 0.6 is 22.9 Å². The Morgan fingerprint density at radius 1 is 0.897 bits per heavy atom. The van der Waals surface area contributed by atoms with Crippen molar-refractivity contribution >= 4 is 40.3 Å². The molecule has 0 radical (unpaired) electrons. The van der Waals surface area contributed by atoms with Gasteiger partial charge < -0.3 is 4.90 Å². The quantitative estimate of drug-likeness (QED) is 0.535. The van der Waals surface area contributed by atoms with Gasteiger partial charge in [0, 0.05) is 23.5 Å². The van der Waals surface area contributed by atoms with Crippen molar-refractivity contribution in [1.82, 2.24) is 9.80 Å². The van der Waals surface area contributed by atoms with Crippen LogP contribution in [0.15, 0.2) is 77.8 Å². The normalized spacial score (nSPS) is 14.1. The van der Waals surface area contributed by atoms with Crippen LogP contribution in [0.3, 0.4) is 0 Å². The number of hydrogen-bond acceptors (Lipinski definition) is 4. The zero-order valence-electron chi connectivity index (χ0n) is 15.8. The van der Waals surface area contributed by atoms with Crippen LogP contribution in [0, 0.1) is 0 Å². The molecule has 4 rings (SSSR count). The molecule has 1 aromatic heterocycles. The molecular weight excluding hydrogens is 404 g/mol. The van der Waals surface area contributed by atoms with Crippen molar-refractivity contribution in [2.45, 2.75) is 13.1 Å². The Bertz CT molecular complexity index is 1060. The molecule has 2 aromatic carbocycles. The van der Waals surface area contributed by atoms with E-state index in [2.05, 4.69) is 0 Å². The summed E-state index contributed by atoms with van der Waals surface area (Å²) in [6, 6.07) is 20.9. The molecular formula is C23H19ClN2O2S. The molecule has 2 amide bonds. The lowest BCUT2D eigenvalue weighted by Crippen LogP contribution is -2.33. The summed E-state index contributed by atoms with van der Waals surface area (Å²) in [5.41, 5.74) is 2.84. The molecule has 0 atom stereocenters. The molecule has 6 heteroatoms. The summed E-state index contributed by atoms with van der Waals surface area (Å²) in [6.07, 6.45) is 0. The van der Waals surface area contributed by atoms with Gasteiger partial charge in [-0.25, -0.2) is 0 Å². The molecule has 29 heavy (non-hydrogen) atoms. The van der Waals surface area contributed by atoms with Crippen molar-refractivity contribution in [3.8, 4) is 0 Å². The summed E-state index contributed by atoms with van der Waals surface area (Å²) in [4.78, 5) is 30.5. The standard InChI is InChI=1S/C23H19ClN2O2S/c1-25(14-16-6-3-2-4-7-16)21-20(19-8-5-13-29-19)22(27)26(23(21)28)15-17-9-11-18(24)12-10-17/h2-13H,14-15H2,1H3. The van der Waals surface area contributed by atoms with Crippen LogP contribution in [-0.4, -0.2) is 28.7 Å². The van der Waals surface area contributed by atoms with Gasteiger partial charge in [-0.1, -0.05) is 60.1 Å². The number of carbonyl (C=O) groups is 2. The fraction of sp³-hybridized carbons (Fsp3) is 0.130. The minimum absolute atomic E-state index is 0.215. The van der Waals surface area contributed by atoms with Gasteiger partial charge in [0.2, 0.25) is 0 Å². The number of imide groups is 1. The zero-order valence-corrected chi connectivity index (χ0v) is 17.4. The highest BCUT2D eigenvalue weighted by molar-refractivity contribution is 7.11. The maximum atomic E-state index is 13.3. The Kier molecular flexibility index (Phi) is 5.51. The third kappa shape index (κ3) is 3.97. The molecule has 0 unspecified atom stereocenters. The van der Waals surface area contributed by atoms with Crippen LogP contribution < -0.4 is 0 Å². The fourth-order valence-electron chi connectivity index (χ4n) is 3.41. The van der Waals surface area contributed by atoms with E-state index in [1.807, 2.05) is 71.9 Å². The van der Waals surface area contributed by atoms with E-state index in [1.165, 1.54) is 16.2 Å². The van der Waals surface area contributed by atoms with Crippen molar-refractivity contribution in [1.29, 1.82) is 0 Å². The number of halogens is 1. The number of thiophene rings is 1. The van der Waals surface area contributed by atoms with Crippen LogP contribution in [0.1, 0.15) is 16.0 Å². The van der Waals surface area contributed by atoms with Crippen molar-refractivity contribution in [2.24, 2.45) is 0 Å². The van der Waals surface area contributed by atoms with Gasteiger partial charge in [0.15, 0.2) is 0 Å². The average molecular weight is 423 g/mol. The zero-order chi connectivity index (χ0) is 20.4. The molecule has 1 aliphatic heterocycles. The van der Waals surface area contributed by atoms with Crippen molar-refractivity contribution in [3.05, 3.63) is 98.8 Å². The number of nitrogens with zero attached hydrogens (tertiary/aromatic N) is 2. The lowest BCUT2D eigenvalue weighted by molar-refractivity contribution is -0.138. The van der Waals surface area contributed by atoms with E-state index >= 15 is 0 Å². The lowest BCUT2D eigenvalue weighted by atomic mass is 10.1. The molecule has 0 aliphatic carbocycles. The van der Waals surface area contributed by atoms with Gasteiger partial charge in [-0.15, -0.1) is 11.3 Å². The summed E-state index contributed by atoms with van der Waals surface area (Å²) in [5, 5.41) is 2.53. The second kappa shape index (κ2) is 8.23. The molecule has 3 aromatic rings. The maximum Gasteiger partial charge on any atom is 0.278 e. The summed E-state index contributed by atoms with van der Waals surface area (Å²) < 4.78 is 0. The van der Waals surface area contributed by atoms with Crippen LogP contribution in [0.5, 0.6) is 0 Å². The van der Waals surface area contributed by atoms with E-state index in [4.69, 9.17) is 11.6 Å². The molecule has 0 fully saturated rings. The van der Waals surface area contributed by atoms with E-state index < -0.39 is 0 Å². The Labute approximate surface area is 178 Å². The van der Waals surface area contributed by atoms with Crippen LogP contribution in [0.2, 0.25) is 5.02 Å². The first-order chi connectivity index (χ1) is 14.0. The number of hydrogen-bond donors (Lipinski definition) is 0. The fourth-order valence-corrected chi connectivity index (χ4v) is 4.30. The number of benzene rings is 2. The Morgan fingerprint density at radius 2 is 1.62 bits per heavy atom. The molecule has 0 N–H and O–H groups in total. The van der Waals surface area contributed by atoms with Gasteiger partial charge in [0.05, 0.1) is 12.1 Å². The summed E-state index contributed by atoms with van der Waals surface area (Å²) in [7, 11) is 1.85. The molecule has 146 valence electrons. The van der Waals surface area contributed by atoms with Gasteiger partial charge in [-0.2, -0.15) is 0 Å². The predicted molar refractivity (Wildman–Crippen MR) is 116 cm³/mol. The smallest absolute Gasteiger partial charge is 0.278 e. The molecule has 4 nitrogen and oxygen atoms in total. The van der Waals surface area contributed by atoms with E-state index in [9.17, 15) is 9.59 Å². The summed E-state index contributed by atoms with van der Waals surface area (Å²) >= 11 is 7.42. The van der Waals surface area contributed by atoms with Gasteiger partial charge in [-0.05, 0) is 34.7 Å². The van der Waals surface area contributed by atoms with E-state index in [-0.39, 0.29) is 18.4 Å². The Hall–Kier alpha value is -2.89. The highest BCUT2D eigenvalue weighted by Crippen LogP contribution is 2.34. The van der Waals surface area contributed by atoms with Crippen molar-refractivity contribution in [3.63, 3.8) is 0 Å². The first-order valence-corrected chi connectivity index (χ1v) is 10.4. The van der Waals surface area contributed by atoms with Crippen molar-refractivity contribution in [2.75, 3.05) is 7.05 Å². The first-order valence-electron chi connectivity index (χ1n) is 9.18. The Balaban J connectivity index is 1.68. The largest absolute Gasteiger partial charge is 0.365 e. The third-order valence-corrected chi connectivity index (χ3v) is 5.95. The second-order valence-corrected chi connectivity index (χ2v) is 8.25. The van der Waals surface area contributed by atoms with E-state index in [0.717, 1.165) is 16.0 Å².